The molecule has 0 amide bonds. The van der Waals surface area contributed by atoms with Crippen LogP contribution < -0.4 is 10.5 Å². The number of furan rings is 1. The molecule has 0 bridgehead atoms. The van der Waals surface area contributed by atoms with Gasteiger partial charge in [-0.3, -0.25) is 4.68 Å². The van der Waals surface area contributed by atoms with Crippen LogP contribution in [0.4, 0.5) is 0 Å². The highest BCUT2D eigenvalue weighted by Gasteiger charge is 2.23. The predicted octanol–water partition coefficient (Wildman–Crippen LogP) is 3.10. The maximum Gasteiger partial charge on any atom is 0.161 e. The van der Waals surface area contributed by atoms with Gasteiger partial charge in [0.2, 0.25) is 0 Å². The van der Waals surface area contributed by atoms with Gasteiger partial charge in [0.1, 0.15) is 11.3 Å². The molecule has 5 nitrogen and oxygen atoms in total. The van der Waals surface area contributed by atoms with E-state index in [1.165, 1.54) is 0 Å². The summed E-state index contributed by atoms with van der Waals surface area (Å²) in [7, 11) is 1.64. The molecule has 0 aliphatic heterocycles. The molecule has 1 unspecified atom stereocenters. The molecule has 2 aromatic heterocycles. The van der Waals surface area contributed by atoms with Gasteiger partial charge in [0.25, 0.3) is 0 Å². The van der Waals surface area contributed by atoms with Crippen molar-refractivity contribution in [3.05, 3.63) is 48.0 Å². The van der Waals surface area contributed by atoms with Crippen molar-refractivity contribution in [1.29, 1.82) is 0 Å². The maximum atomic E-state index is 6.48. The van der Waals surface area contributed by atoms with Crippen LogP contribution in [-0.4, -0.2) is 16.9 Å². The van der Waals surface area contributed by atoms with Gasteiger partial charge in [-0.2, -0.15) is 5.10 Å². The monoisotopic (exact) mass is 285 g/mol. The lowest BCUT2D eigenvalue weighted by molar-refractivity contribution is 0.404. The normalized spacial score (nSPS) is 12.7. The Morgan fingerprint density at radius 3 is 2.95 bits per heavy atom. The van der Waals surface area contributed by atoms with Crippen LogP contribution in [0.25, 0.3) is 11.0 Å². The summed E-state index contributed by atoms with van der Waals surface area (Å²) in [5.41, 5.74) is 9.14. The van der Waals surface area contributed by atoms with Crippen molar-refractivity contribution in [2.75, 3.05) is 7.11 Å². The van der Waals surface area contributed by atoms with E-state index in [-0.39, 0.29) is 6.04 Å². The number of hydrogen-bond donors (Lipinski definition) is 1. The van der Waals surface area contributed by atoms with E-state index in [1.807, 2.05) is 28.9 Å². The molecule has 3 rings (SSSR count). The summed E-state index contributed by atoms with van der Waals surface area (Å²) in [6.45, 7) is 2.92. The first-order valence-electron chi connectivity index (χ1n) is 7.07. The fourth-order valence-electron chi connectivity index (χ4n) is 2.63. The van der Waals surface area contributed by atoms with Gasteiger partial charge in [0, 0.05) is 17.5 Å². The lowest BCUT2D eigenvalue weighted by atomic mass is 10.0. The molecule has 1 atom stereocenters. The van der Waals surface area contributed by atoms with Gasteiger partial charge >= 0.3 is 0 Å². The number of para-hydroxylation sites is 1. The molecule has 0 aliphatic rings. The molecule has 110 valence electrons. The Bertz CT molecular complexity index is 745. The molecule has 2 heterocycles. The SMILES string of the molecule is CCCn1ncc(OC)c1C(N)c1coc2ccccc12. The minimum atomic E-state index is -0.336. The Labute approximate surface area is 123 Å². The zero-order valence-electron chi connectivity index (χ0n) is 12.2. The van der Waals surface area contributed by atoms with Crippen molar-refractivity contribution in [3.8, 4) is 5.75 Å². The third-order valence-corrected chi connectivity index (χ3v) is 3.64. The molecule has 0 spiro atoms. The van der Waals surface area contributed by atoms with E-state index in [0.29, 0.717) is 5.75 Å². The van der Waals surface area contributed by atoms with Gasteiger partial charge < -0.3 is 14.9 Å². The first-order valence-corrected chi connectivity index (χ1v) is 7.07. The summed E-state index contributed by atoms with van der Waals surface area (Å²) in [4.78, 5) is 0. The molecule has 3 aromatic rings. The number of rotatable bonds is 5. The standard InChI is InChI=1S/C16H19N3O2/c1-3-8-19-16(14(20-2)9-18-19)15(17)12-10-21-13-7-5-4-6-11(12)13/h4-7,9-10,15H,3,8,17H2,1-2H3. The van der Waals surface area contributed by atoms with Gasteiger partial charge in [0.05, 0.1) is 25.6 Å². The highest BCUT2D eigenvalue weighted by Crippen LogP contribution is 2.33. The number of nitrogens with zero attached hydrogens (tertiary/aromatic N) is 2. The van der Waals surface area contributed by atoms with E-state index in [1.54, 1.807) is 19.6 Å². The van der Waals surface area contributed by atoms with Crippen LogP contribution in [-0.2, 0) is 6.54 Å². The summed E-state index contributed by atoms with van der Waals surface area (Å²) in [6.07, 6.45) is 4.42. The Kier molecular flexibility index (Phi) is 3.66. The average molecular weight is 285 g/mol. The molecular formula is C16H19N3O2. The minimum Gasteiger partial charge on any atom is -0.493 e. The Balaban J connectivity index is 2.09. The van der Waals surface area contributed by atoms with Crippen LogP contribution in [0.15, 0.2) is 41.1 Å². The summed E-state index contributed by atoms with van der Waals surface area (Å²) in [5, 5.41) is 5.39. The van der Waals surface area contributed by atoms with Gasteiger partial charge in [-0.1, -0.05) is 25.1 Å². The number of fused-ring (bicyclic) bond motifs is 1. The number of aromatic nitrogens is 2. The number of aryl methyl sites for hydroxylation is 1. The highest BCUT2D eigenvalue weighted by molar-refractivity contribution is 5.81. The first kappa shape index (κ1) is 13.7. The van der Waals surface area contributed by atoms with E-state index in [4.69, 9.17) is 14.9 Å². The Morgan fingerprint density at radius 2 is 2.19 bits per heavy atom. The third-order valence-electron chi connectivity index (χ3n) is 3.64. The van der Waals surface area contributed by atoms with E-state index in [0.717, 1.165) is 35.2 Å². The van der Waals surface area contributed by atoms with E-state index in [2.05, 4.69) is 12.0 Å². The van der Waals surface area contributed by atoms with Crippen molar-refractivity contribution < 1.29 is 9.15 Å². The van der Waals surface area contributed by atoms with Crippen LogP contribution in [0.5, 0.6) is 5.75 Å². The van der Waals surface area contributed by atoms with Gasteiger partial charge in [-0.05, 0) is 12.5 Å². The molecule has 0 saturated carbocycles. The van der Waals surface area contributed by atoms with E-state index < -0.39 is 0 Å². The lowest BCUT2D eigenvalue weighted by Gasteiger charge is -2.14. The van der Waals surface area contributed by atoms with Crippen LogP contribution in [0.1, 0.15) is 30.6 Å². The van der Waals surface area contributed by atoms with Crippen molar-refractivity contribution in [2.45, 2.75) is 25.9 Å². The molecule has 5 heteroatoms. The molecule has 0 fully saturated rings. The van der Waals surface area contributed by atoms with Crippen LogP contribution in [0.3, 0.4) is 0 Å². The molecule has 0 aliphatic carbocycles. The topological polar surface area (TPSA) is 66.2 Å². The Morgan fingerprint density at radius 1 is 1.38 bits per heavy atom. The molecule has 0 saturated heterocycles. The average Bonchev–Trinajstić information content (AvgIpc) is 3.10. The van der Waals surface area contributed by atoms with Crippen LogP contribution >= 0.6 is 0 Å². The summed E-state index contributed by atoms with van der Waals surface area (Å²) < 4.78 is 12.9. The second-order valence-corrected chi connectivity index (χ2v) is 4.99. The smallest absolute Gasteiger partial charge is 0.161 e. The summed E-state index contributed by atoms with van der Waals surface area (Å²) >= 11 is 0. The minimum absolute atomic E-state index is 0.336. The highest BCUT2D eigenvalue weighted by atomic mass is 16.5. The van der Waals surface area contributed by atoms with Gasteiger partial charge in [-0.25, -0.2) is 0 Å². The third kappa shape index (κ3) is 2.29. The lowest BCUT2D eigenvalue weighted by Crippen LogP contribution is -2.18. The second kappa shape index (κ2) is 5.61. The predicted molar refractivity (Wildman–Crippen MR) is 81.3 cm³/mol. The fourth-order valence-corrected chi connectivity index (χ4v) is 2.63. The summed E-state index contributed by atoms with van der Waals surface area (Å²) in [5.74, 6) is 0.709. The van der Waals surface area contributed by atoms with Gasteiger partial charge in [-0.15, -0.1) is 0 Å². The van der Waals surface area contributed by atoms with Gasteiger partial charge in [0.15, 0.2) is 5.75 Å². The number of ether oxygens (including phenoxy) is 1. The van der Waals surface area contributed by atoms with E-state index in [9.17, 15) is 0 Å². The molecule has 2 N–H and O–H groups in total. The quantitative estimate of drug-likeness (QED) is 0.782. The number of hydrogen-bond acceptors (Lipinski definition) is 4. The van der Waals surface area contributed by atoms with Crippen molar-refractivity contribution in [2.24, 2.45) is 5.73 Å². The fraction of sp³-hybridized carbons (Fsp3) is 0.312. The number of benzene rings is 1. The zero-order chi connectivity index (χ0) is 14.8. The summed E-state index contributed by atoms with van der Waals surface area (Å²) in [6, 6.07) is 7.54. The first-order chi connectivity index (χ1) is 10.3. The van der Waals surface area contributed by atoms with Crippen molar-refractivity contribution >= 4 is 11.0 Å². The number of methoxy groups -OCH3 is 1. The maximum absolute atomic E-state index is 6.48. The molecular weight excluding hydrogens is 266 g/mol. The second-order valence-electron chi connectivity index (χ2n) is 4.99. The van der Waals surface area contributed by atoms with Crippen molar-refractivity contribution in [1.82, 2.24) is 9.78 Å². The molecule has 0 radical (unpaired) electrons. The molecule has 1 aromatic carbocycles. The van der Waals surface area contributed by atoms with Crippen LogP contribution in [0, 0.1) is 0 Å². The number of nitrogens with two attached hydrogens (primary N) is 1. The zero-order valence-corrected chi connectivity index (χ0v) is 12.2. The van der Waals surface area contributed by atoms with Crippen LogP contribution in [0.2, 0.25) is 0 Å². The largest absolute Gasteiger partial charge is 0.493 e. The van der Waals surface area contributed by atoms with Crippen molar-refractivity contribution in [3.63, 3.8) is 0 Å². The molecule has 21 heavy (non-hydrogen) atoms. The van der Waals surface area contributed by atoms with E-state index >= 15 is 0 Å². The Hall–Kier alpha value is -2.27.